The summed E-state index contributed by atoms with van der Waals surface area (Å²) in [5.41, 5.74) is 0.938. The fourth-order valence-electron chi connectivity index (χ4n) is 1.46. The summed E-state index contributed by atoms with van der Waals surface area (Å²) in [5, 5.41) is 6.82. The van der Waals surface area contributed by atoms with Gasteiger partial charge in [-0.2, -0.15) is 0 Å². The Labute approximate surface area is 106 Å². The Balaban J connectivity index is 1.96. The standard InChI is InChI=1S/C11H9N3OS2/c1-15-7-2-3-9-8(6-7)13-11(17-9)14-10-12-4-5-16-10/h2-6H,1H3,(H,12,13,14). The van der Waals surface area contributed by atoms with Gasteiger partial charge in [0.25, 0.3) is 0 Å². The van der Waals surface area contributed by atoms with Crippen LogP contribution in [0.15, 0.2) is 29.8 Å². The third-order valence-electron chi connectivity index (χ3n) is 2.24. The lowest BCUT2D eigenvalue weighted by Crippen LogP contribution is -1.86. The molecule has 4 nitrogen and oxygen atoms in total. The summed E-state index contributed by atoms with van der Waals surface area (Å²) < 4.78 is 6.30. The molecule has 0 aliphatic carbocycles. The van der Waals surface area contributed by atoms with Gasteiger partial charge in [0.05, 0.1) is 17.3 Å². The van der Waals surface area contributed by atoms with Crippen molar-refractivity contribution < 1.29 is 4.74 Å². The van der Waals surface area contributed by atoms with E-state index in [1.54, 1.807) is 36.0 Å². The zero-order valence-electron chi connectivity index (χ0n) is 9.01. The first kappa shape index (κ1) is 10.5. The Morgan fingerprint density at radius 2 is 2.24 bits per heavy atom. The van der Waals surface area contributed by atoms with Crippen molar-refractivity contribution in [2.24, 2.45) is 0 Å². The number of ether oxygens (including phenoxy) is 1. The third-order valence-corrected chi connectivity index (χ3v) is 3.88. The number of thiazole rings is 2. The Kier molecular flexibility index (Phi) is 2.66. The van der Waals surface area contributed by atoms with Crippen molar-refractivity contribution in [3.05, 3.63) is 29.8 Å². The van der Waals surface area contributed by atoms with Crippen molar-refractivity contribution in [3.63, 3.8) is 0 Å². The highest BCUT2D eigenvalue weighted by Crippen LogP contribution is 2.30. The number of benzene rings is 1. The van der Waals surface area contributed by atoms with E-state index in [0.717, 1.165) is 26.2 Å². The number of hydrogen-bond acceptors (Lipinski definition) is 6. The first-order valence-corrected chi connectivity index (χ1v) is 6.66. The molecule has 2 heterocycles. The number of nitrogens with zero attached hydrogens (tertiary/aromatic N) is 2. The van der Waals surface area contributed by atoms with Gasteiger partial charge in [-0.25, -0.2) is 9.97 Å². The van der Waals surface area contributed by atoms with Crippen molar-refractivity contribution >= 4 is 43.2 Å². The van der Waals surface area contributed by atoms with Gasteiger partial charge in [-0.15, -0.1) is 11.3 Å². The summed E-state index contributed by atoms with van der Waals surface area (Å²) in [4.78, 5) is 8.66. The van der Waals surface area contributed by atoms with Gasteiger partial charge < -0.3 is 10.1 Å². The van der Waals surface area contributed by atoms with Crippen molar-refractivity contribution in [1.82, 2.24) is 9.97 Å². The van der Waals surface area contributed by atoms with Crippen molar-refractivity contribution in [2.75, 3.05) is 12.4 Å². The van der Waals surface area contributed by atoms with E-state index in [0.29, 0.717) is 0 Å². The maximum Gasteiger partial charge on any atom is 0.190 e. The number of hydrogen-bond donors (Lipinski definition) is 1. The molecule has 17 heavy (non-hydrogen) atoms. The summed E-state index contributed by atoms with van der Waals surface area (Å²) in [6, 6.07) is 5.88. The van der Waals surface area contributed by atoms with Gasteiger partial charge >= 0.3 is 0 Å². The SMILES string of the molecule is COc1ccc2sc(Nc3nccs3)nc2c1. The van der Waals surface area contributed by atoms with E-state index in [4.69, 9.17) is 4.74 Å². The van der Waals surface area contributed by atoms with Crippen LogP contribution >= 0.6 is 22.7 Å². The normalized spacial score (nSPS) is 10.6. The quantitative estimate of drug-likeness (QED) is 0.785. The molecule has 6 heteroatoms. The number of rotatable bonds is 3. The van der Waals surface area contributed by atoms with Gasteiger partial charge in [-0.05, 0) is 12.1 Å². The lowest BCUT2D eigenvalue weighted by molar-refractivity contribution is 0.415. The summed E-state index contributed by atoms with van der Waals surface area (Å²) >= 11 is 3.16. The molecule has 1 aromatic carbocycles. The maximum atomic E-state index is 5.17. The van der Waals surface area contributed by atoms with Crippen LogP contribution in [0.3, 0.4) is 0 Å². The second kappa shape index (κ2) is 4.31. The number of methoxy groups -OCH3 is 1. The highest BCUT2D eigenvalue weighted by molar-refractivity contribution is 7.22. The molecule has 3 rings (SSSR count). The van der Waals surface area contributed by atoms with Crippen LogP contribution in [-0.2, 0) is 0 Å². The largest absolute Gasteiger partial charge is 0.497 e. The molecule has 86 valence electrons. The van der Waals surface area contributed by atoms with Crippen LogP contribution in [0.5, 0.6) is 5.75 Å². The Morgan fingerprint density at radius 3 is 3.00 bits per heavy atom. The molecule has 0 spiro atoms. The van der Waals surface area contributed by atoms with E-state index < -0.39 is 0 Å². The molecule has 2 aromatic heterocycles. The molecule has 1 N–H and O–H groups in total. The third kappa shape index (κ3) is 2.09. The molecule has 0 saturated carbocycles. The summed E-state index contributed by atoms with van der Waals surface area (Å²) in [7, 11) is 1.66. The van der Waals surface area contributed by atoms with E-state index >= 15 is 0 Å². The zero-order chi connectivity index (χ0) is 11.7. The second-order valence-corrected chi connectivity index (χ2v) is 5.24. The minimum absolute atomic E-state index is 0.823. The molecular weight excluding hydrogens is 254 g/mol. The van der Waals surface area contributed by atoms with Crippen molar-refractivity contribution in [3.8, 4) is 5.75 Å². The monoisotopic (exact) mass is 263 g/mol. The Hall–Kier alpha value is -1.66. The van der Waals surface area contributed by atoms with Gasteiger partial charge in [-0.3, -0.25) is 0 Å². The van der Waals surface area contributed by atoms with E-state index in [1.165, 1.54) is 0 Å². The fraction of sp³-hybridized carbons (Fsp3) is 0.0909. The molecule has 0 aliphatic heterocycles. The Bertz CT molecular complexity index is 633. The molecule has 3 aromatic rings. The predicted octanol–water partition coefficient (Wildman–Crippen LogP) is 3.51. The van der Waals surface area contributed by atoms with Crippen molar-refractivity contribution in [2.45, 2.75) is 0 Å². The van der Waals surface area contributed by atoms with Gasteiger partial charge in [-0.1, -0.05) is 11.3 Å². The molecule has 0 unspecified atom stereocenters. The predicted molar refractivity (Wildman–Crippen MR) is 71.6 cm³/mol. The molecule has 0 bridgehead atoms. The molecule has 0 saturated heterocycles. The van der Waals surface area contributed by atoms with E-state index in [9.17, 15) is 0 Å². The van der Waals surface area contributed by atoms with E-state index in [2.05, 4.69) is 15.3 Å². The summed E-state index contributed by atoms with van der Waals surface area (Å²) in [6.45, 7) is 0. The summed E-state index contributed by atoms with van der Waals surface area (Å²) in [5.74, 6) is 0.823. The van der Waals surface area contributed by atoms with Gasteiger partial charge in [0.15, 0.2) is 10.3 Å². The van der Waals surface area contributed by atoms with Crippen LogP contribution in [0, 0.1) is 0 Å². The number of aromatic nitrogens is 2. The molecule has 0 radical (unpaired) electrons. The van der Waals surface area contributed by atoms with Gasteiger partial charge in [0.2, 0.25) is 0 Å². The van der Waals surface area contributed by atoms with Crippen LogP contribution in [0.2, 0.25) is 0 Å². The average molecular weight is 263 g/mol. The first-order valence-electron chi connectivity index (χ1n) is 4.96. The van der Waals surface area contributed by atoms with Crippen LogP contribution in [0.25, 0.3) is 10.2 Å². The van der Waals surface area contributed by atoms with Gasteiger partial charge in [0.1, 0.15) is 5.75 Å². The van der Waals surface area contributed by atoms with Crippen LogP contribution in [-0.4, -0.2) is 17.1 Å². The number of fused-ring (bicyclic) bond motifs is 1. The zero-order valence-corrected chi connectivity index (χ0v) is 10.6. The molecular formula is C11H9N3OS2. The van der Waals surface area contributed by atoms with E-state index in [1.807, 2.05) is 23.6 Å². The highest BCUT2D eigenvalue weighted by Gasteiger charge is 2.06. The average Bonchev–Trinajstić information content (AvgIpc) is 2.96. The highest BCUT2D eigenvalue weighted by atomic mass is 32.1. The number of nitrogens with one attached hydrogen (secondary N) is 1. The maximum absolute atomic E-state index is 5.17. The molecule has 0 atom stereocenters. The minimum atomic E-state index is 0.823. The smallest absolute Gasteiger partial charge is 0.190 e. The molecule has 0 aliphatic rings. The lowest BCUT2D eigenvalue weighted by atomic mass is 10.3. The first-order chi connectivity index (χ1) is 8.35. The second-order valence-electron chi connectivity index (χ2n) is 3.31. The van der Waals surface area contributed by atoms with Crippen LogP contribution < -0.4 is 10.1 Å². The lowest BCUT2D eigenvalue weighted by Gasteiger charge is -1.96. The van der Waals surface area contributed by atoms with Crippen LogP contribution in [0.1, 0.15) is 0 Å². The van der Waals surface area contributed by atoms with E-state index in [-0.39, 0.29) is 0 Å². The van der Waals surface area contributed by atoms with Crippen LogP contribution in [0.4, 0.5) is 10.3 Å². The van der Waals surface area contributed by atoms with Crippen molar-refractivity contribution in [1.29, 1.82) is 0 Å². The summed E-state index contributed by atoms with van der Waals surface area (Å²) in [6.07, 6.45) is 1.77. The molecule has 0 fully saturated rings. The fourth-order valence-corrected chi connectivity index (χ4v) is 2.90. The topological polar surface area (TPSA) is 47.0 Å². The van der Waals surface area contributed by atoms with Gasteiger partial charge in [0, 0.05) is 17.6 Å². The number of anilines is 2. The Morgan fingerprint density at radius 1 is 1.29 bits per heavy atom. The minimum Gasteiger partial charge on any atom is -0.497 e. The molecule has 0 amide bonds.